The second kappa shape index (κ2) is 15.2. The Morgan fingerprint density at radius 1 is 1.08 bits per heavy atom. The highest BCUT2D eigenvalue weighted by Crippen LogP contribution is 2.28. The lowest BCUT2D eigenvalue weighted by atomic mass is 9.85. The van der Waals surface area contributed by atoms with Crippen LogP contribution < -0.4 is 10.2 Å². The smallest absolute Gasteiger partial charge is 0.236 e. The topological polar surface area (TPSA) is 118 Å². The van der Waals surface area contributed by atoms with Gasteiger partial charge < -0.3 is 9.47 Å². The Kier molecular flexibility index (Phi) is 12.8. The van der Waals surface area contributed by atoms with Crippen molar-refractivity contribution in [2.45, 2.75) is 81.4 Å². The van der Waals surface area contributed by atoms with Crippen LogP contribution in [0.15, 0.2) is 52.5 Å². The second-order valence-corrected chi connectivity index (χ2v) is 11.0. The number of nitrogens with one attached hydrogen (secondary N) is 1. The van der Waals surface area contributed by atoms with Crippen LogP contribution in [0.1, 0.15) is 64.4 Å². The number of nitrogens with zero attached hydrogens (tertiary/aromatic N) is 2. The van der Waals surface area contributed by atoms with Crippen molar-refractivity contribution in [2.75, 3.05) is 13.2 Å². The number of aromatic nitrogens is 1. The molecule has 0 saturated heterocycles. The van der Waals surface area contributed by atoms with Gasteiger partial charge in [0.05, 0.1) is 24.2 Å². The van der Waals surface area contributed by atoms with E-state index >= 15 is 0 Å². The molecule has 1 aromatic heterocycles. The summed E-state index contributed by atoms with van der Waals surface area (Å²) in [6.07, 6.45) is 7.57. The summed E-state index contributed by atoms with van der Waals surface area (Å²) >= 11 is 0. The highest BCUT2D eigenvalue weighted by atomic mass is 35.5. The highest BCUT2D eigenvalue weighted by molar-refractivity contribution is 7.91. The Bertz CT molecular complexity index is 1080. The average Bonchev–Trinajstić information content (AvgIpc) is 2.87. The lowest BCUT2D eigenvalue weighted by Gasteiger charge is -2.28. The van der Waals surface area contributed by atoms with Crippen LogP contribution in [0.25, 0.3) is 0 Å². The van der Waals surface area contributed by atoms with Crippen molar-refractivity contribution in [3.05, 3.63) is 48.2 Å². The summed E-state index contributed by atoms with van der Waals surface area (Å²) in [6.45, 7) is 5.32. The minimum Gasteiger partial charge on any atom is -0.494 e. The number of halogens is 1. The van der Waals surface area contributed by atoms with Gasteiger partial charge in [-0.05, 0) is 86.4 Å². The molecule has 0 unspecified atom stereocenters. The van der Waals surface area contributed by atoms with Crippen LogP contribution in [0.5, 0.6) is 5.75 Å². The van der Waals surface area contributed by atoms with Gasteiger partial charge in [0.2, 0.25) is 15.7 Å². The molecule has 2 aromatic rings. The van der Waals surface area contributed by atoms with Gasteiger partial charge in [0, 0.05) is 19.2 Å². The zero-order valence-electron chi connectivity index (χ0n) is 21.5. The average molecular weight is 556 g/mol. The predicted molar refractivity (Wildman–Crippen MR) is 141 cm³/mol. The summed E-state index contributed by atoms with van der Waals surface area (Å²) in [4.78, 5) is 16.5. The molecule has 0 spiro atoms. The van der Waals surface area contributed by atoms with Crippen molar-refractivity contribution in [3.8, 4) is 5.75 Å². The fourth-order valence-corrected chi connectivity index (χ4v) is 5.44. The van der Waals surface area contributed by atoms with Crippen molar-refractivity contribution in [1.29, 1.82) is 0 Å². The molecule has 0 bridgehead atoms. The predicted octanol–water partition coefficient (Wildman–Crippen LogP) is 4.72. The zero-order chi connectivity index (χ0) is 26.0. The van der Waals surface area contributed by atoms with Crippen LogP contribution in [0.4, 0.5) is 0 Å². The number of hydrogen-bond acceptors (Lipinski definition) is 8. The molecule has 1 aliphatic rings. The van der Waals surface area contributed by atoms with Crippen LogP contribution in [0.2, 0.25) is 0 Å². The van der Waals surface area contributed by atoms with Crippen molar-refractivity contribution >= 4 is 28.2 Å². The molecule has 9 nitrogen and oxygen atoms in total. The van der Waals surface area contributed by atoms with Crippen molar-refractivity contribution in [3.63, 3.8) is 0 Å². The first-order chi connectivity index (χ1) is 17.3. The normalized spacial score (nSPS) is 17.7. The molecular formula is C26H38ClN3O6S. The molecule has 1 heterocycles. The third kappa shape index (κ3) is 9.54. The van der Waals surface area contributed by atoms with Gasteiger partial charge >= 0.3 is 0 Å². The van der Waals surface area contributed by atoms with Gasteiger partial charge in [0.15, 0.2) is 5.03 Å². The summed E-state index contributed by atoms with van der Waals surface area (Å²) in [6, 6.07) is 9.18. The number of benzene rings is 1. The lowest BCUT2D eigenvalue weighted by Crippen LogP contribution is -2.40. The van der Waals surface area contributed by atoms with Gasteiger partial charge in [-0.15, -0.1) is 12.4 Å². The molecule has 37 heavy (non-hydrogen) atoms. The minimum absolute atomic E-state index is 0. The zero-order valence-corrected chi connectivity index (χ0v) is 23.1. The highest BCUT2D eigenvalue weighted by Gasteiger charge is 2.24. The van der Waals surface area contributed by atoms with Crippen molar-refractivity contribution in [2.24, 2.45) is 5.92 Å². The van der Waals surface area contributed by atoms with E-state index in [-0.39, 0.29) is 46.8 Å². The molecule has 206 valence electrons. The molecule has 1 aromatic carbocycles. The van der Waals surface area contributed by atoms with E-state index < -0.39 is 9.84 Å². The van der Waals surface area contributed by atoms with E-state index in [9.17, 15) is 18.4 Å². The van der Waals surface area contributed by atoms with Crippen LogP contribution in [0, 0.1) is 5.92 Å². The summed E-state index contributed by atoms with van der Waals surface area (Å²) < 4.78 is 37.3. The number of carbonyl (C=O) groups is 1. The van der Waals surface area contributed by atoms with Gasteiger partial charge in [-0.25, -0.2) is 13.4 Å². The molecule has 3 rings (SSSR count). The van der Waals surface area contributed by atoms with E-state index in [1.54, 1.807) is 18.2 Å². The molecule has 0 atom stereocenters. The van der Waals surface area contributed by atoms with Gasteiger partial charge in [-0.1, -0.05) is 19.0 Å². The van der Waals surface area contributed by atoms with Crippen molar-refractivity contribution < 1.29 is 27.9 Å². The molecule has 2 N–H and O–H groups in total. The first-order valence-corrected chi connectivity index (χ1v) is 14.1. The quantitative estimate of drug-likeness (QED) is 0.341. The maximum atomic E-state index is 13.0. The minimum atomic E-state index is -3.85. The molecule has 1 saturated carbocycles. The summed E-state index contributed by atoms with van der Waals surface area (Å²) in [7, 11) is -3.85. The van der Waals surface area contributed by atoms with E-state index in [0.29, 0.717) is 29.5 Å². The Morgan fingerprint density at radius 3 is 2.41 bits per heavy atom. The maximum Gasteiger partial charge on any atom is 0.236 e. The fraction of sp³-hybridized carbons (Fsp3) is 0.538. The molecule has 1 aliphatic carbocycles. The van der Waals surface area contributed by atoms with Crippen LogP contribution in [-0.2, 0) is 25.9 Å². The number of carbonyl (C=O) groups excluding carboxylic acids is 1. The number of rotatable bonds is 13. The van der Waals surface area contributed by atoms with E-state index in [2.05, 4.69) is 17.3 Å². The van der Waals surface area contributed by atoms with Crippen LogP contribution >= 0.6 is 12.4 Å². The SMILES string of the molecule is CCCOc1ccc(S(=O)(=O)c2cc(CN(O)NC(=O)C[C@H]3CC[C@H](OCCC)CC3)ccn2)cc1.Cl. The Morgan fingerprint density at radius 2 is 1.76 bits per heavy atom. The van der Waals surface area contributed by atoms with E-state index in [1.165, 1.54) is 24.4 Å². The standard InChI is InChI=1S/C26H37N3O6S.ClH/c1-3-15-34-22-7-5-20(6-8-22)17-25(30)28-29(31)19-21-13-14-27-26(18-21)36(32,33)24-11-9-23(10-12-24)35-16-4-2;/h9-14,18,20,22,31H,3-8,15-17,19H2,1-2H3,(H,28,30);1H/t20-,22-;. The number of pyridine rings is 1. The molecule has 1 fully saturated rings. The van der Waals surface area contributed by atoms with E-state index in [1.807, 2.05) is 6.92 Å². The third-order valence-electron chi connectivity index (χ3n) is 6.09. The van der Waals surface area contributed by atoms with Crippen molar-refractivity contribution in [1.82, 2.24) is 15.6 Å². The summed E-state index contributed by atoms with van der Waals surface area (Å²) in [5, 5.41) is 10.8. The first kappa shape index (κ1) is 31.0. The molecular weight excluding hydrogens is 518 g/mol. The third-order valence-corrected chi connectivity index (χ3v) is 7.76. The van der Waals surface area contributed by atoms with E-state index in [0.717, 1.165) is 45.1 Å². The fourth-order valence-electron chi connectivity index (χ4n) is 4.20. The van der Waals surface area contributed by atoms with Gasteiger partial charge in [-0.2, -0.15) is 0 Å². The monoisotopic (exact) mass is 555 g/mol. The summed E-state index contributed by atoms with van der Waals surface area (Å²) in [5.74, 6) is 0.584. The van der Waals surface area contributed by atoms with Gasteiger partial charge in [-0.3, -0.25) is 15.4 Å². The second-order valence-electron chi connectivity index (χ2n) is 9.14. The van der Waals surface area contributed by atoms with Gasteiger partial charge in [0.1, 0.15) is 5.75 Å². The van der Waals surface area contributed by atoms with Gasteiger partial charge in [0.25, 0.3) is 0 Å². The Balaban J connectivity index is 0.00000481. The van der Waals surface area contributed by atoms with Crippen LogP contribution in [-0.4, -0.2) is 49.0 Å². The number of amides is 1. The summed E-state index contributed by atoms with van der Waals surface area (Å²) in [5.41, 5.74) is 2.96. The molecule has 0 aliphatic heterocycles. The number of hydroxylamine groups is 1. The molecule has 11 heteroatoms. The Hall–Kier alpha value is -2.24. The number of ether oxygens (including phenoxy) is 2. The first-order valence-electron chi connectivity index (χ1n) is 12.6. The number of hydrogen-bond donors (Lipinski definition) is 2. The molecule has 0 radical (unpaired) electrons. The number of sulfone groups is 1. The maximum absolute atomic E-state index is 13.0. The van der Waals surface area contributed by atoms with Crippen LogP contribution in [0.3, 0.4) is 0 Å². The van der Waals surface area contributed by atoms with E-state index in [4.69, 9.17) is 9.47 Å². The number of hydrazine groups is 1. The lowest BCUT2D eigenvalue weighted by molar-refractivity contribution is -0.166. The Labute approximate surface area is 225 Å². The largest absolute Gasteiger partial charge is 0.494 e. The molecule has 1 amide bonds.